The predicted octanol–water partition coefficient (Wildman–Crippen LogP) is 2.88. The summed E-state index contributed by atoms with van der Waals surface area (Å²) in [6.45, 7) is 7.55. The molecule has 2 rings (SSSR count). The molecule has 0 saturated heterocycles. The molecule has 0 N–H and O–H groups in total. The summed E-state index contributed by atoms with van der Waals surface area (Å²) in [5.41, 5.74) is 1.94. The second-order valence-electron chi connectivity index (χ2n) is 4.77. The Morgan fingerprint density at radius 3 is 2.78 bits per heavy atom. The number of ether oxygens (including phenoxy) is 1. The van der Waals surface area contributed by atoms with Gasteiger partial charge in [0.15, 0.2) is 0 Å². The van der Waals surface area contributed by atoms with Crippen molar-refractivity contribution < 1.29 is 9.53 Å². The van der Waals surface area contributed by atoms with Crippen LogP contribution in [0, 0.1) is 0 Å². The lowest BCUT2D eigenvalue weighted by atomic mass is 10.0. The van der Waals surface area contributed by atoms with Crippen LogP contribution in [0.2, 0.25) is 0 Å². The zero-order valence-electron chi connectivity index (χ0n) is 11.4. The van der Waals surface area contributed by atoms with Gasteiger partial charge in [0, 0.05) is 18.7 Å². The smallest absolute Gasteiger partial charge is 0.253 e. The Morgan fingerprint density at radius 2 is 2.11 bits per heavy atom. The van der Waals surface area contributed by atoms with Gasteiger partial charge in [0.2, 0.25) is 0 Å². The summed E-state index contributed by atoms with van der Waals surface area (Å²) in [6.07, 6.45) is 2.34. The molecule has 0 aromatic heterocycles. The number of aryl methyl sites for hydroxylation is 1. The van der Waals surface area contributed by atoms with Crippen LogP contribution in [0.5, 0.6) is 5.75 Å². The van der Waals surface area contributed by atoms with Crippen molar-refractivity contribution in [3.8, 4) is 5.75 Å². The zero-order chi connectivity index (χ0) is 13.1. The highest BCUT2D eigenvalue weighted by Gasteiger charge is 2.19. The summed E-state index contributed by atoms with van der Waals surface area (Å²) >= 11 is 0. The summed E-state index contributed by atoms with van der Waals surface area (Å²) in [5.74, 6) is 0.969. The molecular weight excluding hydrogens is 226 g/mol. The number of fused-ring (bicyclic) bond motifs is 1. The maximum atomic E-state index is 12.2. The van der Waals surface area contributed by atoms with Crippen LogP contribution in [-0.2, 0) is 6.42 Å². The third kappa shape index (κ3) is 2.50. The number of hydrogen-bond acceptors (Lipinski definition) is 2. The van der Waals surface area contributed by atoms with E-state index in [-0.39, 0.29) is 12.0 Å². The average Bonchev–Trinajstić information content (AvgIpc) is 2.39. The topological polar surface area (TPSA) is 29.5 Å². The van der Waals surface area contributed by atoms with Crippen molar-refractivity contribution in [3.63, 3.8) is 0 Å². The molecule has 3 nitrogen and oxygen atoms in total. The SMILES string of the molecule is CCN(CC)C(=O)c1ccc2c(c1)OC(C)CC2. The summed E-state index contributed by atoms with van der Waals surface area (Å²) in [5, 5.41) is 0. The Hall–Kier alpha value is -1.51. The van der Waals surface area contributed by atoms with Crippen LogP contribution in [0.15, 0.2) is 18.2 Å². The van der Waals surface area contributed by atoms with Crippen LogP contribution in [0.25, 0.3) is 0 Å². The van der Waals surface area contributed by atoms with E-state index in [4.69, 9.17) is 4.74 Å². The lowest BCUT2D eigenvalue weighted by Gasteiger charge is -2.24. The quantitative estimate of drug-likeness (QED) is 0.822. The van der Waals surface area contributed by atoms with Crippen LogP contribution in [0.4, 0.5) is 0 Å². The van der Waals surface area contributed by atoms with Gasteiger partial charge in [0.25, 0.3) is 5.91 Å². The van der Waals surface area contributed by atoms with Gasteiger partial charge < -0.3 is 9.64 Å². The third-order valence-corrected chi connectivity index (χ3v) is 3.51. The average molecular weight is 247 g/mol. The van der Waals surface area contributed by atoms with Crippen LogP contribution in [0.3, 0.4) is 0 Å². The molecule has 0 aliphatic carbocycles. The van der Waals surface area contributed by atoms with E-state index in [2.05, 4.69) is 6.92 Å². The fourth-order valence-electron chi connectivity index (χ4n) is 2.33. The van der Waals surface area contributed by atoms with Crippen LogP contribution in [-0.4, -0.2) is 30.0 Å². The number of amides is 1. The zero-order valence-corrected chi connectivity index (χ0v) is 11.4. The minimum Gasteiger partial charge on any atom is -0.490 e. The van der Waals surface area contributed by atoms with Crippen molar-refractivity contribution in [2.75, 3.05) is 13.1 Å². The highest BCUT2D eigenvalue weighted by atomic mass is 16.5. The first-order chi connectivity index (χ1) is 8.65. The summed E-state index contributed by atoms with van der Waals surface area (Å²) < 4.78 is 5.80. The normalized spacial score (nSPS) is 17.8. The number of carbonyl (C=O) groups excluding carboxylic acids is 1. The Labute approximate surface area is 109 Å². The van der Waals surface area contributed by atoms with E-state index in [1.807, 2.05) is 36.9 Å². The molecule has 0 spiro atoms. The van der Waals surface area contributed by atoms with Crippen LogP contribution in [0.1, 0.15) is 43.1 Å². The molecule has 1 aromatic rings. The van der Waals surface area contributed by atoms with Crippen molar-refractivity contribution in [1.29, 1.82) is 0 Å². The number of benzene rings is 1. The van der Waals surface area contributed by atoms with E-state index in [0.717, 1.165) is 37.2 Å². The molecule has 0 saturated carbocycles. The summed E-state index contributed by atoms with van der Waals surface area (Å²) in [6, 6.07) is 5.84. The monoisotopic (exact) mass is 247 g/mol. The Morgan fingerprint density at radius 1 is 1.39 bits per heavy atom. The molecule has 3 heteroatoms. The van der Waals surface area contributed by atoms with Gasteiger partial charge in [-0.25, -0.2) is 0 Å². The van der Waals surface area contributed by atoms with Crippen molar-refractivity contribution in [2.45, 2.75) is 39.7 Å². The molecule has 1 unspecified atom stereocenters. The minimum atomic E-state index is 0.0876. The maximum absolute atomic E-state index is 12.2. The lowest BCUT2D eigenvalue weighted by Crippen LogP contribution is -2.30. The third-order valence-electron chi connectivity index (χ3n) is 3.51. The minimum absolute atomic E-state index is 0.0876. The number of hydrogen-bond donors (Lipinski definition) is 0. The van der Waals surface area contributed by atoms with Gasteiger partial charge in [-0.1, -0.05) is 6.07 Å². The molecule has 0 radical (unpaired) electrons. The van der Waals surface area contributed by atoms with Gasteiger partial charge in [0.05, 0.1) is 6.10 Å². The standard InChI is InChI=1S/C15H21NO2/c1-4-16(5-2)15(17)13-9-8-12-7-6-11(3)18-14(12)10-13/h8-11H,4-7H2,1-3H3. The first-order valence-corrected chi connectivity index (χ1v) is 6.74. The van der Waals surface area contributed by atoms with Crippen LogP contribution >= 0.6 is 0 Å². The molecule has 1 aliphatic heterocycles. The fourth-order valence-corrected chi connectivity index (χ4v) is 2.33. The van der Waals surface area contributed by atoms with E-state index in [1.54, 1.807) is 0 Å². The molecule has 98 valence electrons. The van der Waals surface area contributed by atoms with E-state index in [9.17, 15) is 4.79 Å². The van der Waals surface area contributed by atoms with Gasteiger partial charge in [-0.3, -0.25) is 4.79 Å². The summed E-state index contributed by atoms with van der Waals surface area (Å²) in [4.78, 5) is 14.1. The van der Waals surface area contributed by atoms with E-state index < -0.39 is 0 Å². The highest BCUT2D eigenvalue weighted by Crippen LogP contribution is 2.28. The van der Waals surface area contributed by atoms with Gasteiger partial charge in [-0.05, 0) is 51.3 Å². The van der Waals surface area contributed by atoms with Crippen molar-refractivity contribution in [3.05, 3.63) is 29.3 Å². The molecular formula is C15H21NO2. The second-order valence-corrected chi connectivity index (χ2v) is 4.77. The molecule has 0 fully saturated rings. The van der Waals surface area contributed by atoms with Gasteiger partial charge in [-0.15, -0.1) is 0 Å². The molecule has 1 aromatic carbocycles. The van der Waals surface area contributed by atoms with Gasteiger partial charge >= 0.3 is 0 Å². The van der Waals surface area contributed by atoms with E-state index >= 15 is 0 Å². The van der Waals surface area contributed by atoms with E-state index in [1.165, 1.54) is 5.56 Å². The first kappa shape index (κ1) is 12.9. The molecule has 1 heterocycles. The Kier molecular flexibility index (Phi) is 3.90. The predicted molar refractivity (Wildman–Crippen MR) is 72.1 cm³/mol. The molecule has 1 aliphatic rings. The number of rotatable bonds is 3. The molecule has 1 atom stereocenters. The fraction of sp³-hybridized carbons (Fsp3) is 0.533. The molecule has 18 heavy (non-hydrogen) atoms. The lowest BCUT2D eigenvalue weighted by molar-refractivity contribution is 0.0772. The maximum Gasteiger partial charge on any atom is 0.253 e. The van der Waals surface area contributed by atoms with Gasteiger partial charge in [0.1, 0.15) is 5.75 Å². The van der Waals surface area contributed by atoms with Crippen molar-refractivity contribution in [1.82, 2.24) is 4.90 Å². The van der Waals surface area contributed by atoms with E-state index in [0.29, 0.717) is 0 Å². The molecule has 1 amide bonds. The largest absolute Gasteiger partial charge is 0.490 e. The first-order valence-electron chi connectivity index (χ1n) is 6.74. The second kappa shape index (κ2) is 5.42. The number of nitrogens with zero attached hydrogens (tertiary/aromatic N) is 1. The summed E-state index contributed by atoms with van der Waals surface area (Å²) in [7, 11) is 0. The molecule has 0 bridgehead atoms. The Balaban J connectivity index is 2.25. The van der Waals surface area contributed by atoms with Crippen molar-refractivity contribution in [2.24, 2.45) is 0 Å². The number of carbonyl (C=O) groups is 1. The van der Waals surface area contributed by atoms with Crippen LogP contribution < -0.4 is 4.74 Å². The Bertz CT molecular complexity index is 438. The van der Waals surface area contributed by atoms with Crippen molar-refractivity contribution >= 4 is 5.91 Å². The highest BCUT2D eigenvalue weighted by molar-refractivity contribution is 5.94. The van der Waals surface area contributed by atoms with Gasteiger partial charge in [-0.2, -0.15) is 0 Å².